The zero-order valence-electron chi connectivity index (χ0n) is 16.4. The minimum Gasteiger partial charge on any atom is -0.496 e. The lowest BCUT2D eigenvalue weighted by Crippen LogP contribution is -2.07. The van der Waals surface area contributed by atoms with Gasteiger partial charge in [0.2, 0.25) is 0 Å². The third kappa shape index (κ3) is 5.00. The molecule has 2 heterocycles. The second-order valence-electron chi connectivity index (χ2n) is 6.41. The van der Waals surface area contributed by atoms with Crippen LogP contribution in [0.4, 0.5) is 11.5 Å². The van der Waals surface area contributed by atoms with Gasteiger partial charge in [-0.3, -0.25) is 4.79 Å². The Morgan fingerprint density at radius 1 is 1.31 bits per heavy atom. The molecule has 2 aromatic heterocycles. The Kier molecular flexibility index (Phi) is 6.61. The third-order valence-corrected chi connectivity index (χ3v) is 5.28. The van der Waals surface area contributed by atoms with Crippen molar-refractivity contribution in [1.29, 1.82) is 0 Å². The molecule has 0 unspecified atom stereocenters. The summed E-state index contributed by atoms with van der Waals surface area (Å²) in [6.45, 7) is 5.93. The van der Waals surface area contributed by atoms with Gasteiger partial charge in [-0.15, -0.1) is 17.9 Å². The highest BCUT2D eigenvalue weighted by Crippen LogP contribution is 2.32. The first kappa shape index (κ1) is 20.5. The first-order valence-electron chi connectivity index (χ1n) is 9.25. The highest BCUT2D eigenvalue weighted by Gasteiger charge is 2.15. The molecule has 3 aromatic rings. The zero-order chi connectivity index (χ0) is 20.8. The fourth-order valence-electron chi connectivity index (χ4n) is 2.96. The predicted octanol–water partition coefficient (Wildman–Crippen LogP) is 4.88. The van der Waals surface area contributed by atoms with E-state index in [0.717, 1.165) is 45.4 Å². The Morgan fingerprint density at radius 3 is 2.66 bits per heavy atom. The van der Waals surface area contributed by atoms with E-state index in [0.29, 0.717) is 12.2 Å². The molecule has 0 saturated carbocycles. The smallest absolute Gasteiger partial charge is 0.307 e. The van der Waals surface area contributed by atoms with Crippen molar-refractivity contribution in [3.63, 3.8) is 0 Å². The second kappa shape index (κ2) is 9.34. The average molecular weight is 410 g/mol. The molecule has 0 amide bonds. The van der Waals surface area contributed by atoms with Crippen LogP contribution < -0.4 is 10.1 Å². The number of carboxylic acids is 1. The summed E-state index contributed by atoms with van der Waals surface area (Å²) in [4.78, 5) is 21.4. The van der Waals surface area contributed by atoms with Crippen molar-refractivity contribution in [2.24, 2.45) is 0 Å². The van der Waals surface area contributed by atoms with Crippen LogP contribution in [0, 0.1) is 0 Å². The molecular weight excluding hydrogens is 386 g/mol. The van der Waals surface area contributed by atoms with Crippen molar-refractivity contribution in [3.05, 3.63) is 65.2 Å². The molecule has 7 heteroatoms. The molecule has 0 spiro atoms. The number of hydrogen-bond donors (Lipinski definition) is 2. The van der Waals surface area contributed by atoms with Crippen LogP contribution in [0.5, 0.6) is 5.75 Å². The van der Waals surface area contributed by atoms with Gasteiger partial charge in [0, 0.05) is 28.4 Å². The van der Waals surface area contributed by atoms with E-state index in [9.17, 15) is 4.79 Å². The number of ether oxygens (including phenoxy) is 1. The highest BCUT2D eigenvalue weighted by atomic mass is 32.1. The minimum absolute atomic E-state index is 0.000156. The summed E-state index contributed by atoms with van der Waals surface area (Å²) in [5.74, 6) is 1.31. The number of allylic oxidation sites excluding steroid dienone is 1. The third-order valence-electron chi connectivity index (χ3n) is 4.38. The molecule has 1 aromatic carbocycles. The van der Waals surface area contributed by atoms with E-state index in [1.807, 2.05) is 29.7 Å². The van der Waals surface area contributed by atoms with Crippen LogP contribution in [0.1, 0.15) is 23.7 Å². The number of benzene rings is 1. The normalized spacial score (nSPS) is 10.6. The number of aliphatic carboxylic acids is 1. The highest BCUT2D eigenvalue weighted by molar-refractivity contribution is 7.13. The summed E-state index contributed by atoms with van der Waals surface area (Å²) in [6.07, 6.45) is 3.26. The van der Waals surface area contributed by atoms with E-state index in [4.69, 9.17) is 19.8 Å². The lowest BCUT2D eigenvalue weighted by atomic mass is 10.1. The van der Waals surface area contributed by atoms with Crippen molar-refractivity contribution in [1.82, 2.24) is 9.97 Å². The first-order valence-corrected chi connectivity index (χ1v) is 10.1. The van der Waals surface area contributed by atoms with E-state index in [-0.39, 0.29) is 6.42 Å². The lowest BCUT2D eigenvalue weighted by molar-refractivity contribution is -0.136. The molecule has 0 radical (unpaired) electrons. The van der Waals surface area contributed by atoms with Gasteiger partial charge < -0.3 is 15.2 Å². The predicted molar refractivity (Wildman–Crippen MR) is 116 cm³/mol. The van der Waals surface area contributed by atoms with Crippen LogP contribution in [0.3, 0.4) is 0 Å². The van der Waals surface area contributed by atoms with Gasteiger partial charge in [-0.25, -0.2) is 9.97 Å². The standard InChI is InChI=1S/C22H23N3O3S/c1-4-6-17-18(5-2)24-22(19-12-16(28-3)13-29-19)25-21(17)23-15-9-7-14(8-10-15)11-20(26)27/h4,7-10,12-13H,1,5-6,11H2,2-3H3,(H,26,27)(H,23,24,25). The van der Waals surface area contributed by atoms with Crippen LogP contribution in [0.15, 0.2) is 48.4 Å². The SMILES string of the molecule is C=CCc1c(CC)nc(-c2cc(OC)cs2)nc1Nc1ccc(CC(=O)O)cc1. The van der Waals surface area contributed by atoms with E-state index >= 15 is 0 Å². The number of thiophene rings is 1. The number of methoxy groups -OCH3 is 1. The molecular formula is C22H23N3O3S. The number of carbonyl (C=O) groups is 1. The van der Waals surface area contributed by atoms with Crippen molar-refractivity contribution in [2.45, 2.75) is 26.2 Å². The topological polar surface area (TPSA) is 84.3 Å². The van der Waals surface area contributed by atoms with Gasteiger partial charge in [-0.05, 0) is 30.5 Å². The van der Waals surface area contributed by atoms with Crippen molar-refractivity contribution < 1.29 is 14.6 Å². The van der Waals surface area contributed by atoms with E-state index in [2.05, 4.69) is 18.8 Å². The maximum Gasteiger partial charge on any atom is 0.307 e. The monoisotopic (exact) mass is 409 g/mol. The first-order chi connectivity index (χ1) is 14.0. The Labute approximate surface area is 173 Å². The minimum atomic E-state index is -0.849. The lowest BCUT2D eigenvalue weighted by Gasteiger charge is -2.15. The maximum absolute atomic E-state index is 10.9. The van der Waals surface area contributed by atoms with E-state index in [1.165, 1.54) is 11.3 Å². The van der Waals surface area contributed by atoms with E-state index in [1.54, 1.807) is 19.2 Å². The van der Waals surface area contributed by atoms with Crippen LogP contribution in [-0.4, -0.2) is 28.2 Å². The molecule has 0 atom stereocenters. The number of hydrogen-bond acceptors (Lipinski definition) is 6. The summed E-state index contributed by atoms with van der Waals surface area (Å²) in [7, 11) is 1.64. The van der Waals surface area contributed by atoms with Crippen LogP contribution in [-0.2, 0) is 24.1 Å². The van der Waals surface area contributed by atoms with Gasteiger partial charge in [-0.2, -0.15) is 0 Å². The Morgan fingerprint density at radius 2 is 2.07 bits per heavy atom. The summed E-state index contributed by atoms with van der Waals surface area (Å²) in [5, 5.41) is 14.2. The zero-order valence-corrected chi connectivity index (χ0v) is 17.3. The molecule has 0 bridgehead atoms. The number of aromatic nitrogens is 2. The van der Waals surface area contributed by atoms with Gasteiger partial charge in [0.05, 0.1) is 18.4 Å². The number of anilines is 2. The van der Waals surface area contributed by atoms with Gasteiger partial charge in [0.15, 0.2) is 5.82 Å². The van der Waals surface area contributed by atoms with Crippen LogP contribution in [0.25, 0.3) is 10.7 Å². The Bertz CT molecular complexity index is 1010. The van der Waals surface area contributed by atoms with Crippen LogP contribution in [0.2, 0.25) is 0 Å². The van der Waals surface area contributed by atoms with Crippen molar-refractivity contribution >= 4 is 28.8 Å². The molecule has 0 fully saturated rings. The van der Waals surface area contributed by atoms with Gasteiger partial charge in [-0.1, -0.05) is 25.1 Å². The molecule has 0 saturated heterocycles. The number of carboxylic acid groups (broad SMARTS) is 1. The molecule has 150 valence electrons. The molecule has 2 N–H and O–H groups in total. The van der Waals surface area contributed by atoms with Crippen molar-refractivity contribution in [2.75, 3.05) is 12.4 Å². The summed E-state index contributed by atoms with van der Waals surface area (Å²) in [5.41, 5.74) is 3.55. The van der Waals surface area contributed by atoms with Gasteiger partial charge in [0.25, 0.3) is 0 Å². The quantitative estimate of drug-likeness (QED) is 0.490. The van der Waals surface area contributed by atoms with E-state index < -0.39 is 5.97 Å². The Balaban J connectivity index is 1.99. The molecule has 6 nitrogen and oxygen atoms in total. The van der Waals surface area contributed by atoms with Gasteiger partial charge in [0.1, 0.15) is 11.6 Å². The molecule has 0 aliphatic rings. The fourth-order valence-corrected chi connectivity index (χ4v) is 3.74. The fraction of sp³-hybridized carbons (Fsp3) is 0.227. The molecule has 0 aliphatic heterocycles. The van der Waals surface area contributed by atoms with Gasteiger partial charge >= 0.3 is 5.97 Å². The molecule has 0 aliphatic carbocycles. The number of nitrogens with one attached hydrogen (secondary N) is 1. The number of rotatable bonds is 9. The summed E-state index contributed by atoms with van der Waals surface area (Å²) >= 11 is 1.53. The number of nitrogens with zero attached hydrogens (tertiary/aromatic N) is 2. The largest absolute Gasteiger partial charge is 0.496 e. The summed E-state index contributed by atoms with van der Waals surface area (Å²) in [6, 6.07) is 9.25. The second-order valence-corrected chi connectivity index (χ2v) is 7.32. The average Bonchev–Trinajstić information content (AvgIpc) is 3.19. The van der Waals surface area contributed by atoms with Crippen LogP contribution >= 0.6 is 11.3 Å². The molecule has 29 heavy (non-hydrogen) atoms. The maximum atomic E-state index is 10.9. The Hall–Kier alpha value is -3.19. The van der Waals surface area contributed by atoms with Crippen molar-refractivity contribution in [3.8, 4) is 16.5 Å². The summed E-state index contributed by atoms with van der Waals surface area (Å²) < 4.78 is 5.28. The molecule has 3 rings (SSSR count). The number of aryl methyl sites for hydroxylation is 1.